The first-order chi connectivity index (χ1) is 10.1. The summed E-state index contributed by atoms with van der Waals surface area (Å²) in [7, 11) is 1.93. The topological polar surface area (TPSA) is 29.9 Å². The second-order valence-electron chi connectivity index (χ2n) is 5.02. The molecule has 0 amide bonds. The first kappa shape index (κ1) is 16.0. The molecule has 0 aliphatic rings. The van der Waals surface area contributed by atoms with E-state index in [1.54, 1.807) is 12.1 Å². The zero-order valence-electron chi connectivity index (χ0n) is 12.7. The third-order valence-corrected chi connectivity index (χ3v) is 3.94. The second kappa shape index (κ2) is 7.05. The highest BCUT2D eigenvalue weighted by Crippen LogP contribution is 2.23. The first-order valence-corrected chi connectivity index (χ1v) is 7.64. The Bertz CT molecular complexity index is 610. The van der Waals surface area contributed by atoms with Crippen molar-refractivity contribution in [1.29, 1.82) is 0 Å². The van der Waals surface area contributed by atoms with Crippen LogP contribution in [0.5, 0.6) is 0 Å². The van der Waals surface area contributed by atoms with Gasteiger partial charge in [-0.25, -0.2) is 4.39 Å². The van der Waals surface area contributed by atoms with Gasteiger partial charge in [0.05, 0.1) is 22.5 Å². The van der Waals surface area contributed by atoms with E-state index in [1.165, 1.54) is 6.07 Å². The molecule has 1 unspecified atom stereocenters. The molecule has 1 aromatic heterocycles. The summed E-state index contributed by atoms with van der Waals surface area (Å²) >= 11 is 5.86. The smallest absolute Gasteiger partial charge is 0.141 e. The second-order valence-corrected chi connectivity index (χ2v) is 5.43. The summed E-state index contributed by atoms with van der Waals surface area (Å²) in [4.78, 5) is 0. The summed E-state index contributed by atoms with van der Waals surface area (Å²) in [6.07, 6.45) is 1.66. The van der Waals surface area contributed by atoms with Crippen LogP contribution in [0.15, 0.2) is 24.3 Å². The standard InChI is InChI=1S/C16H21ClFN3/c1-4-12-10-16(21(5-2)20-12)15(19-3)9-11-6-7-14(18)13(17)8-11/h6-8,10,15,19H,4-5,9H2,1-3H3. The Labute approximate surface area is 130 Å². The average molecular weight is 310 g/mol. The summed E-state index contributed by atoms with van der Waals surface area (Å²) in [6.45, 7) is 5.01. The fraction of sp³-hybridized carbons (Fsp3) is 0.438. The molecule has 0 spiro atoms. The van der Waals surface area contributed by atoms with Gasteiger partial charge in [-0.2, -0.15) is 5.10 Å². The molecular formula is C16H21ClFN3. The molecule has 0 aliphatic carbocycles. The van der Waals surface area contributed by atoms with Crippen LogP contribution in [0.4, 0.5) is 4.39 Å². The number of nitrogens with zero attached hydrogens (tertiary/aromatic N) is 2. The van der Waals surface area contributed by atoms with Gasteiger partial charge in [-0.3, -0.25) is 4.68 Å². The molecule has 0 bridgehead atoms. The fourth-order valence-corrected chi connectivity index (χ4v) is 2.65. The molecule has 114 valence electrons. The van der Waals surface area contributed by atoms with Gasteiger partial charge in [-0.1, -0.05) is 24.6 Å². The maximum absolute atomic E-state index is 13.2. The number of benzene rings is 1. The lowest BCUT2D eigenvalue weighted by Crippen LogP contribution is -2.22. The van der Waals surface area contributed by atoms with Crippen LogP contribution in [0.2, 0.25) is 5.02 Å². The number of hydrogen-bond donors (Lipinski definition) is 1. The van der Waals surface area contributed by atoms with E-state index >= 15 is 0 Å². The highest BCUT2D eigenvalue weighted by Gasteiger charge is 2.17. The van der Waals surface area contributed by atoms with E-state index in [0.717, 1.165) is 36.3 Å². The van der Waals surface area contributed by atoms with Crippen LogP contribution in [-0.4, -0.2) is 16.8 Å². The normalized spacial score (nSPS) is 12.6. The highest BCUT2D eigenvalue weighted by atomic mass is 35.5. The molecule has 1 aromatic carbocycles. The van der Waals surface area contributed by atoms with Crippen LogP contribution in [0.3, 0.4) is 0 Å². The molecule has 5 heteroatoms. The molecular weight excluding hydrogens is 289 g/mol. The van der Waals surface area contributed by atoms with E-state index in [1.807, 2.05) is 11.7 Å². The maximum Gasteiger partial charge on any atom is 0.141 e. The summed E-state index contributed by atoms with van der Waals surface area (Å²) in [5.74, 6) is -0.381. The molecule has 2 rings (SSSR count). The van der Waals surface area contributed by atoms with Gasteiger partial charge in [-0.05, 0) is 50.6 Å². The number of halogens is 2. The maximum atomic E-state index is 13.2. The van der Waals surface area contributed by atoms with E-state index in [2.05, 4.69) is 30.3 Å². The number of aromatic nitrogens is 2. The Balaban J connectivity index is 2.26. The molecule has 1 heterocycles. The van der Waals surface area contributed by atoms with Gasteiger partial charge >= 0.3 is 0 Å². The van der Waals surface area contributed by atoms with Crippen LogP contribution in [0, 0.1) is 5.82 Å². The third kappa shape index (κ3) is 3.63. The van der Waals surface area contributed by atoms with Crippen molar-refractivity contribution in [3.05, 3.63) is 52.1 Å². The minimum absolute atomic E-state index is 0.124. The van der Waals surface area contributed by atoms with E-state index in [9.17, 15) is 4.39 Å². The average Bonchev–Trinajstić information content (AvgIpc) is 2.91. The SMILES string of the molecule is CCc1cc(C(Cc2ccc(F)c(Cl)c2)NC)n(CC)n1. The lowest BCUT2D eigenvalue weighted by molar-refractivity contribution is 0.511. The van der Waals surface area contributed by atoms with Crippen molar-refractivity contribution in [3.63, 3.8) is 0 Å². The Morgan fingerprint density at radius 3 is 2.67 bits per heavy atom. The summed E-state index contributed by atoms with van der Waals surface area (Å²) < 4.78 is 15.3. The van der Waals surface area contributed by atoms with E-state index in [-0.39, 0.29) is 16.9 Å². The van der Waals surface area contributed by atoms with Gasteiger partial charge in [0.25, 0.3) is 0 Å². The van der Waals surface area contributed by atoms with Crippen molar-refractivity contribution in [1.82, 2.24) is 15.1 Å². The molecule has 1 atom stereocenters. The first-order valence-electron chi connectivity index (χ1n) is 7.26. The minimum Gasteiger partial charge on any atom is -0.311 e. The van der Waals surface area contributed by atoms with Crippen molar-refractivity contribution >= 4 is 11.6 Å². The number of likely N-dealkylation sites (N-methyl/N-ethyl adjacent to an activating group) is 1. The lowest BCUT2D eigenvalue weighted by atomic mass is 10.0. The molecule has 0 saturated heterocycles. The van der Waals surface area contributed by atoms with Gasteiger partial charge in [0.1, 0.15) is 5.82 Å². The predicted octanol–water partition coefficient (Wildman–Crippen LogP) is 3.76. The molecule has 3 nitrogen and oxygen atoms in total. The van der Waals surface area contributed by atoms with E-state index in [4.69, 9.17) is 11.6 Å². The Morgan fingerprint density at radius 1 is 1.33 bits per heavy atom. The Morgan fingerprint density at radius 2 is 2.10 bits per heavy atom. The van der Waals surface area contributed by atoms with Crippen molar-refractivity contribution in [3.8, 4) is 0 Å². The number of aryl methyl sites for hydroxylation is 2. The quantitative estimate of drug-likeness (QED) is 0.880. The largest absolute Gasteiger partial charge is 0.311 e. The number of nitrogens with one attached hydrogen (secondary N) is 1. The Hall–Kier alpha value is -1.39. The van der Waals surface area contributed by atoms with Crippen LogP contribution in [0.1, 0.15) is 36.8 Å². The zero-order valence-corrected chi connectivity index (χ0v) is 13.4. The fourth-order valence-electron chi connectivity index (χ4n) is 2.45. The number of hydrogen-bond acceptors (Lipinski definition) is 2. The van der Waals surface area contributed by atoms with E-state index < -0.39 is 0 Å². The molecule has 2 aromatic rings. The van der Waals surface area contributed by atoms with Gasteiger partial charge in [0, 0.05) is 6.54 Å². The molecule has 0 radical (unpaired) electrons. The molecule has 1 N–H and O–H groups in total. The van der Waals surface area contributed by atoms with Gasteiger partial charge < -0.3 is 5.32 Å². The predicted molar refractivity (Wildman–Crippen MR) is 84.2 cm³/mol. The van der Waals surface area contributed by atoms with Crippen LogP contribution in [-0.2, 0) is 19.4 Å². The van der Waals surface area contributed by atoms with Crippen LogP contribution < -0.4 is 5.32 Å². The summed E-state index contributed by atoms with van der Waals surface area (Å²) in [5, 5.41) is 8.06. The molecule has 21 heavy (non-hydrogen) atoms. The van der Waals surface area contributed by atoms with Crippen molar-refractivity contribution < 1.29 is 4.39 Å². The molecule has 0 fully saturated rings. The summed E-state index contributed by atoms with van der Waals surface area (Å²) in [6, 6.07) is 7.14. The zero-order chi connectivity index (χ0) is 15.4. The van der Waals surface area contributed by atoms with Gasteiger partial charge in [0.2, 0.25) is 0 Å². The van der Waals surface area contributed by atoms with Gasteiger partial charge in [-0.15, -0.1) is 0 Å². The summed E-state index contributed by atoms with van der Waals surface area (Å²) in [5.41, 5.74) is 3.24. The van der Waals surface area contributed by atoms with Crippen LogP contribution >= 0.6 is 11.6 Å². The molecule has 0 aliphatic heterocycles. The van der Waals surface area contributed by atoms with Crippen LogP contribution in [0.25, 0.3) is 0 Å². The molecule has 0 saturated carbocycles. The van der Waals surface area contributed by atoms with Crippen molar-refractivity contribution in [2.75, 3.05) is 7.05 Å². The third-order valence-electron chi connectivity index (χ3n) is 3.65. The monoisotopic (exact) mass is 309 g/mol. The van der Waals surface area contributed by atoms with Gasteiger partial charge in [0.15, 0.2) is 0 Å². The van der Waals surface area contributed by atoms with E-state index in [0.29, 0.717) is 0 Å². The van der Waals surface area contributed by atoms with Crippen molar-refractivity contribution in [2.24, 2.45) is 0 Å². The lowest BCUT2D eigenvalue weighted by Gasteiger charge is -2.17. The Kier molecular flexibility index (Phi) is 5.37. The van der Waals surface area contributed by atoms with Crippen molar-refractivity contribution in [2.45, 2.75) is 39.3 Å². The minimum atomic E-state index is -0.381. The number of rotatable bonds is 6. The highest BCUT2D eigenvalue weighted by molar-refractivity contribution is 6.30.